The van der Waals surface area contributed by atoms with Gasteiger partial charge in [0, 0.05) is 6.54 Å². The smallest absolute Gasteiger partial charge is 0.337 e. The average Bonchev–Trinajstić information content (AvgIpc) is 3.29. The van der Waals surface area contributed by atoms with Gasteiger partial charge in [-0.3, -0.25) is 9.36 Å². The minimum absolute atomic E-state index is 0.186. The summed E-state index contributed by atoms with van der Waals surface area (Å²) in [5.41, 5.74) is 2.20. The van der Waals surface area contributed by atoms with Crippen molar-refractivity contribution >= 4 is 17.1 Å². The summed E-state index contributed by atoms with van der Waals surface area (Å²) in [6.45, 7) is 8.00. The van der Waals surface area contributed by atoms with Crippen molar-refractivity contribution in [3.05, 3.63) is 92.9 Å². The molecule has 182 valence electrons. The average molecular weight is 475 g/mol. The van der Waals surface area contributed by atoms with Crippen molar-refractivity contribution in [2.75, 3.05) is 6.61 Å². The molecule has 0 aliphatic rings. The number of benzene rings is 2. The lowest BCUT2D eigenvalue weighted by molar-refractivity contribution is -0.146. The number of fused-ring (bicyclic) bond motifs is 1. The van der Waals surface area contributed by atoms with Gasteiger partial charge in [-0.2, -0.15) is 0 Å². The van der Waals surface area contributed by atoms with Crippen LogP contribution in [-0.2, 0) is 22.5 Å². The highest BCUT2D eigenvalue weighted by Gasteiger charge is 2.24. The fourth-order valence-electron chi connectivity index (χ4n) is 4.14. The van der Waals surface area contributed by atoms with Gasteiger partial charge in [0.1, 0.15) is 6.04 Å². The van der Waals surface area contributed by atoms with Gasteiger partial charge in [-0.15, -0.1) is 0 Å². The van der Waals surface area contributed by atoms with E-state index >= 15 is 0 Å². The molecule has 0 amide bonds. The standard InChI is InChI=1S/C27H30N4O4/c1-5-35-26(33)19(4)30-17-28-24-23(30)25(32)29(16-15-20-9-7-6-8-10-20)27(34)31(24)22-13-11-21(12-14-22)18(2)3/h6-14,17-19H,5,15-16H2,1-4H3/t19-/m1/s1. The minimum atomic E-state index is -0.774. The number of aryl methyl sites for hydroxylation is 1. The van der Waals surface area contributed by atoms with Crippen molar-refractivity contribution in [1.82, 2.24) is 18.7 Å². The first-order valence-electron chi connectivity index (χ1n) is 11.9. The number of hydrogen-bond donors (Lipinski definition) is 0. The van der Waals surface area contributed by atoms with E-state index in [0.717, 1.165) is 11.1 Å². The second kappa shape index (κ2) is 10.1. The topological polar surface area (TPSA) is 88.1 Å². The predicted octanol–water partition coefficient (Wildman–Crippen LogP) is 3.84. The molecule has 4 rings (SSSR count). The lowest BCUT2D eigenvalue weighted by Gasteiger charge is -2.16. The first-order chi connectivity index (χ1) is 16.8. The fraction of sp³-hybridized carbons (Fsp3) is 0.333. The van der Waals surface area contributed by atoms with Gasteiger partial charge < -0.3 is 9.30 Å². The van der Waals surface area contributed by atoms with E-state index in [1.54, 1.807) is 13.8 Å². The Morgan fingerprint density at radius 2 is 1.69 bits per heavy atom. The Bertz CT molecular complexity index is 1450. The van der Waals surface area contributed by atoms with Crippen LogP contribution in [-0.4, -0.2) is 31.3 Å². The van der Waals surface area contributed by atoms with Crippen LogP contribution in [0.25, 0.3) is 16.9 Å². The molecule has 0 spiro atoms. The van der Waals surface area contributed by atoms with Crippen molar-refractivity contribution < 1.29 is 9.53 Å². The molecule has 0 radical (unpaired) electrons. The summed E-state index contributed by atoms with van der Waals surface area (Å²) < 4.78 is 9.32. The highest BCUT2D eigenvalue weighted by molar-refractivity contribution is 5.79. The van der Waals surface area contributed by atoms with Gasteiger partial charge in [-0.05, 0) is 49.4 Å². The number of carbonyl (C=O) groups is 1. The maximum absolute atomic E-state index is 13.6. The number of aromatic nitrogens is 4. The summed E-state index contributed by atoms with van der Waals surface area (Å²) >= 11 is 0. The summed E-state index contributed by atoms with van der Waals surface area (Å²) in [7, 11) is 0. The third kappa shape index (κ3) is 4.69. The summed E-state index contributed by atoms with van der Waals surface area (Å²) in [4.78, 5) is 44.1. The molecule has 0 N–H and O–H groups in total. The SMILES string of the molecule is CCOC(=O)[C@@H](C)n1cnc2c1c(=O)n(CCc1ccccc1)c(=O)n2-c1ccc(C(C)C)cc1. The molecule has 0 unspecified atom stereocenters. The van der Waals surface area contributed by atoms with E-state index in [4.69, 9.17) is 4.74 Å². The van der Waals surface area contributed by atoms with E-state index in [1.807, 2.05) is 54.6 Å². The number of hydrogen-bond acceptors (Lipinski definition) is 5. The Morgan fingerprint density at radius 3 is 2.31 bits per heavy atom. The highest BCUT2D eigenvalue weighted by Crippen LogP contribution is 2.20. The van der Waals surface area contributed by atoms with Crippen molar-refractivity contribution in [1.29, 1.82) is 0 Å². The van der Waals surface area contributed by atoms with Crippen molar-refractivity contribution in [2.24, 2.45) is 0 Å². The molecule has 35 heavy (non-hydrogen) atoms. The molecular formula is C27H30N4O4. The van der Waals surface area contributed by atoms with E-state index < -0.39 is 23.3 Å². The van der Waals surface area contributed by atoms with E-state index in [2.05, 4.69) is 18.8 Å². The fourth-order valence-corrected chi connectivity index (χ4v) is 4.14. The van der Waals surface area contributed by atoms with Crippen LogP contribution in [0, 0.1) is 0 Å². The molecule has 0 bridgehead atoms. The number of imidazole rings is 1. The number of nitrogens with zero attached hydrogens (tertiary/aromatic N) is 4. The molecule has 1 atom stereocenters. The van der Waals surface area contributed by atoms with Crippen molar-refractivity contribution in [2.45, 2.75) is 52.6 Å². The lowest BCUT2D eigenvalue weighted by Crippen LogP contribution is -2.41. The van der Waals surface area contributed by atoms with Crippen LogP contribution in [0.2, 0.25) is 0 Å². The Hall–Kier alpha value is -3.94. The first kappa shape index (κ1) is 24.2. The van der Waals surface area contributed by atoms with Gasteiger partial charge in [0.15, 0.2) is 11.2 Å². The van der Waals surface area contributed by atoms with Crippen molar-refractivity contribution in [3.8, 4) is 5.69 Å². The van der Waals surface area contributed by atoms with Gasteiger partial charge in [0.25, 0.3) is 5.56 Å². The monoisotopic (exact) mass is 474 g/mol. The molecule has 0 saturated heterocycles. The normalized spacial score (nSPS) is 12.3. The van der Waals surface area contributed by atoms with Crippen LogP contribution < -0.4 is 11.2 Å². The van der Waals surface area contributed by atoms with Gasteiger partial charge in [0.2, 0.25) is 0 Å². The number of rotatable bonds is 8. The van der Waals surface area contributed by atoms with Gasteiger partial charge in [-0.25, -0.2) is 19.1 Å². The second-order valence-electron chi connectivity index (χ2n) is 8.81. The molecule has 8 nitrogen and oxygen atoms in total. The van der Waals surface area contributed by atoms with Gasteiger partial charge in [0.05, 0.1) is 18.6 Å². The van der Waals surface area contributed by atoms with Crippen LogP contribution >= 0.6 is 0 Å². The molecule has 2 aromatic carbocycles. The zero-order chi connectivity index (χ0) is 25.1. The first-order valence-corrected chi connectivity index (χ1v) is 11.9. The third-order valence-corrected chi connectivity index (χ3v) is 6.19. The van der Waals surface area contributed by atoms with Crippen LogP contribution in [0.3, 0.4) is 0 Å². The van der Waals surface area contributed by atoms with Crippen LogP contribution in [0.4, 0.5) is 0 Å². The van der Waals surface area contributed by atoms with Gasteiger partial charge >= 0.3 is 11.7 Å². The molecule has 0 aliphatic heterocycles. The Labute approximate surface area is 203 Å². The Balaban J connectivity index is 1.92. The molecular weight excluding hydrogens is 444 g/mol. The molecule has 2 aromatic heterocycles. The second-order valence-corrected chi connectivity index (χ2v) is 8.81. The Kier molecular flexibility index (Phi) is 7.00. The van der Waals surface area contributed by atoms with E-state index in [0.29, 0.717) is 18.0 Å². The predicted molar refractivity (Wildman–Crippen MR) is 135 cm³/mol. The lowest BCUT2D eigenvalue weighted by atomic mass is 10.0. The number of carbonyl (C=O) groups excluding carboxylic acids is 1. The quantitative estimate of drug-likeness (QED) is 0.362. The zero-order valence-electron chi connectivity index (χ0n) is 20.5. The van der Waals surface area contributed by atoms with E-state index in [-0.39, 0.29) is 24.3 Å². The molecule has 0 fully saturated rings. The zero-order valence-corrected chi connectivity index (χ0v) is 20.5. The third-order valence-electron chi connectivity index (χ3n) is 6.19. The molecule has 4 aromatic rings. The van der Waals surface area contributed by atoms with Crippen LogP contribution in [0.15, 0.2) is 70.5 Å². The van der Waals surface area contributed by atoms with Gasteiger partial charge in [-0.1, -0.05) is 56.3 Å². The summed E-state index contributed by atoms with van der Waals surface area (Å²) in [6.07, 6.45) is 1.93. The highest BCUT2D eigenvalue weighted by atomic mass is 16.5. The molecule has 2 heterocycles. The van der Waals surface area contributed by atoms with E-state index in [9.17, 15) is 14.4 Å². The largest absolute Gasteiger partial charge is 0.464 e. The number of esters is 1. The van der Waals surface area contributed by atoms with Crippen LogP contribution in [0.5, 0.6) is 0 Å². The van der Waals surface area contributed by atoms with E-state index in [1.165, 1.54) is 20.0 Å². The molecule has 8 heteroatoms. The maximum atomic E-state index is 13.6. The van der Waals surface area contributed by atoms with Crippen LogP contribution in [0.1, 0.15) is 50.8 Å². The number of ether oxygens (including phenoxy) is 1. The maximum Gasteiger partial charge on any atom is 0.337 e. The Morgan fingerprint density at radius 1 is 1.00 bits per heavy atom. The summed E-state index contributed by atoms with van der Waals surface area (Å²) in [5, 5.41) is 0. The summed E-state index contributed by atoms with van der Waals surface area (Å²) in [6, 6.07) is 16.6. The molecule has 0 saturated carbocycles. The van der Waals surface area contributed by atoms with Crippen molar-refractivity contribution in [3.63, 3.8) is 0 Å². The summed E-state index contributed by atoms with van der Waals surface area (Å²) in [5.74, 6) is -0.133. The minimum Gasteiger partial charge on any atom is -0.464 e. The molecule has 0 aliphatic carbocycles.